The smallest absolute Gasteiger partial charge is 0.135 e. The largest absolute Gasteiger partial charge is 0.550 e. The second-order valence-corrected chi connectivity index (χ2v) is 3.35. The molecule has 0 amide bonds. The summed E-state index contributed by atoms with van der Waals surface area (Å²) in [6.45, 7) is 1.20. The molecule has 1 aliphatic carbocycles. The zero-order valence-corrected chi connectivity index (χ0v) is 11.0. The van der Waals surface area contributed by atoms with Gasteiger partial charge in [-0.25, -0.2) is 0 Å². The van der Waals surface area contributed by atoms with E-state index >= 15 is 0 Å². The molecule has 0 saturated heterocycles. The van der Waals surface area contributed by atoms with E-state index in [0.29, 0.717) is 0 Å². The number of allylic oxidation sites excluding steroid dienone is 4. The number of rotatable bonds is 2. The van der Waals surface area contributed by atoms with Gasteiger partial charge in [0.15, 0.2) is 0 Å². The van der Waals surface area contributed by atoms with Gasteiger partial charge in [0.1, 0.15) is 5.78 Å². The molecule has 0 fully saturated rings. The zero-order valence-electron chi connectivity index (χ0n) is 9.40. The van der Waals surface area contributed by atoms with Crippen LogP contribution in [0.15, 0.2) is 24.3 Å². The van der Waals surface area contributed by atoms with Gasteiger partial charge in [0.05, 0.1) is 0 Å². The van der Waals surface area contributed by atoms with Gasteiger partial charge < -0.3 is 9.90 Å². The van der Waals surface area contributed by atoms with Gasteiger partial charge in [-0.15, -0.1) is 0 Å². The van der Waals surface area contributed by atoms with E-state index in [2.05, 4.69) is 24.3 Å². The molecule has 0 aliphatic heterocycles. The van der Waals surface area contributed by atoms with Crippen molar-refractivity contribution in [1.82, 2.24) is 0 Å². The minimum atomic E-state index is -1.31. The van der Waals surface area contributed by atoms with Gasteiger partial charge in [-0.2, -0.15) is 0 Å². The number of ketones is 1. The topological polar surface area (TPSA) is 57.2 Å². The van der Waals surface area contributed by atoms with Gasteiger partial charge in [-0.3, -0.25) is 4.79 Å². The van der Waals surface area contributed by atoms with Crippen LogP contribution in [0.1, 0.15) is 39.0 Å². The predicted octanol–water partition coefficient (Wildman–Crippen LogP) is 1.39. The fourth-order valence-electron chi connectivity index (χ4n) is 1.06. The van der Waals surface area contributed by atoms with Crippen LogP contribution < -0.4 is 5.11 Å². The third kappa shape index (κ3) is 15.7. The Morgan fingerprint density at radius 2 is 1.31 bits per heavy atom. The number of hydrogen-bond acceptors (Lipinski definition) is 3. The van der Waals surface area contributed by atoms with Crippen LogP contribution in [-0.4, -0.2) is 11.8 Å². The van der Waals surface area contributed by atoms with Gasteiger partial charge in [0, 0.05) is 31.9 Å². The van der Waals surface area contributed by atoms with Crippen LogP contribution in [0, 0.1) is 0 Å². The van der Waals surface area contributed by atoms with Crippen molar-refractivity contribution < 1.29 is 34.2 Å². The number of carbonyl (C=O) groups is 2. The number of carboxylic acid groups (broad SMARTS) is 1. The van der Waals surface area contributed by atoms with E-state index in [1.165, 1.54) is 32.6 Å². The first kappa shape index (κ1) is 17.6. The second kappa shape index (κ2) is 12.3. The summed E-state index contributed by atoms with van der Waals surface area (Å²) in [6, 6.07) is 0. The number of carbonyl (C=O) groups excluding carboxylic acids is 2. The molecule has 0 spiro atoms. The van der Waals surface area contributed by atoms with Crippen LogP contribution in [0.3, 0.4) is 0 Å². The quantitative estimate of drug-likeness (QED) is 0.440. The minimum Gasteiger partial charge on any atom is -0.550 e. The van der Waals surface area contributed by atoms with Crippen molar-refractivity contribution >= 4 is 11.8 Å². The van der Waals surface area contributed by atoms with E-state index in [1.807, 2.05) is 0 Å². The maximum atomic E-state index is 9.83. The molecule has 0 unspecified atom stereocenters. The standard InChI is InChI=1S/C8H12.C4H6O3.Rh/c1-2-4-6-8-7-5-3-1;1-3(5)2-4(6)7;/h1-2,7-8H,3-6H2;2H2,1H3,(H,6,7);/p-1/b2-1-,8-7?;;. The maximum Gasteiger partial charge on any atom is 0.135 e. The van der Waals surface area contributed by atoms with Crippen LogP contribution in [0.4, 0.5) is 0 Å². The molecule has 0 atom stereocenters. The first-order valence-electron chi connectivity index (χ1n) is 5.12. The van der Waals surface area contributed by atoms with Gasteiger partial charge >= 0.3 is 0 Å². The molecule has 1 aliphatic rings. The van der Waals surface area contributed by atoms with Crippen LogP contribution in [0.5, 0.6) is 0 Å². The second-order valence-electron chi connectivity index (χ2n) is 3.35. The summed E-state index contributed by atoms with van der Waals surface area (Å²) in [4.78, 5) is 19.3. The zero-order chi connectivity index (χ0) is 11.5. The van der Waals surface area contributed by atoms with Gasteiger partial charge in [0.2, 0.25) is 0 Å². The van der Waals surface area contributed by atoms with Crippen molar-refractivity contribution in [3.05, 3.63) is 24.3 Å². The summed E-state index contributed by atoms with van der Waals surface area (Å²) in [5.74, 6) is -1.69. The molecule has 16 heavy (non-hydrogen) atoms. The Labute approximate surface area is 109 Å². The Morgan fingerprint density at radius 3 is 1.44 bits per heavy atom. The molecule has 4 heteroatoms. The van der Waals surface area contributed by atoms with Crippen molar-refractivity contribution in [2.45, 2.75) is 39.0 Å². The summed E-state index contributed by atoms with van der Waals surface area (Å²) in [7, 11) is 0. The maximum absolute atomic E-state index is 9.83. The number of carboxylic acids is 1. The number of aliphatic carboxylic acids is 1. The van der Waals surface area contributed by atoms with Crippen LogP contribution in [0.2, 0.25) is 0 Å². The van der Waals surface area contributed by atoms with Crippen molar-refractivity contribution in [2.75, 3.05) is 0 Å². The monoisotopic (exact) mass is 312 g/mol. The molecular formula is C12H17O3Rh-. The Hall–Kier alpha value is -0.757. The van der Waals surface area contributed by atoms with Crippen molar-refractivity contribution in [1.29, 1.82) is 0 Å². The molecule has 0 aromatic rings. The fraction of sp³-hybridized carbons (Fsp3) is 0.500. The van der Waals surface area contributed by atoms with Gasteiger partial charge in [-0.1, -0.05) is 24.3 Å². The van der Waals surface area contributed by atoms with Crippen molar-refractivity contribution in [3.63, 3.8) is 0 Å². The Morgan fingerprint density at radius 1 is 1.00 bits per heavy atom. The third-order valence-electron chi connectivity index (χ3n) is 1.73. The Kier molecular flexibility index (Phi) is 13.6. The van der Waals surface area contributed by atoms with Crippen LogP contribution in [-0.2, 0) is 29.1 Å². The van der Waals surface area contributed by atoms with E-state index < -0.39 is 12.4 Å². The summed E-state index contributed by atoms with van der Waals surface area (Å²) >= 11 is 0. The van der Waals surface area contributed by atoms with Crippen molar-refractivity contribution in [2.24, 2.45) is 0 Å². The average molecular weight is 312 g/mol. The predicted molar refractivity (Wildman–Crippen MR) is 57.1 cm³/mol. The molecule has 0 bridgehead atoms. The molecule has 1 radical (unpaired) electrons. The Balaban J connectivity index is 0. The fourth-order valence-corrected chi connectivity index (χ4v) is 1.06. The molecular weight excluding hydrogens is 295 g/mol. The summed E-state index contributed by atoms with van der Waals surface area (Å²) in [6.07, 6.45) is 13.5. The number of hydrogen-bond donors (Lipinski definition) is 0. The summed E-state index contributed by atoms with van der Waals surface area (Å²) in [5, 5.41) is 9.48. The average Bonchev–Trinajstić information content (AvgIpc) is 1.99. The summed E-state index contributed by atoms with van der Waals surface area (Å²) < 4.78 is 0. The normalized spacial score (nSPS) is 15.6. The summed E-state index contributed by atoms with van der Waals surface area (Å²) in [5.41, 5.74) is 0. The Bertz CT molecular complexity index is 219. The molecule has 0 N–H and O–H groups in total. The van der Waals surface area contributed by atoms with E-state index in [1.54, 1.807) is 0 Å². The molecule has 3 nitrogen and oxygen atoms in total. The van der Waals surface area contributed by atoms with Crippen LogP contribution >= 0.6 is 0 Å². The molecule has 0 aromatic carbocycles. The van der Waals surface area contributed by atoms with E-state index in [0.717, 1.165) is 0 Å². The minimum absolute atomic E-state index is 0. The molecule has 0 saturated carbocycles. The SMILES string of the molecule is C1=CCC/C=C\CC1.CC(=O)CC(=O)[O-].[Rh]. The van der Waals surface area contributed by atoms with E-state index in [-0.39, 0.29) is 25.3 Å². The molecule has 0 heterocycles. The van der Waals surface area contributed by atoms with Crippen LogP contribution in [0.25, 0.3) is 0 Å². The van der Waals surface area contributed by atoms with Gasteiger partial charge in [0.25, 0.3) is 0 Å². The van der Waals surface area contributed by atoms with Crippen molar-refractivity contribution in [3.8, 4) is 0 Å². The molecule has 1 rings (SSSR count). The van der Waals surface area contributed by atoms with E-state index in [4.69, 9.17) is 0 Å². The van der Waals surface area contributed by atoms with E-state index in [9.17, 15) is 14.7 Å². The first-order valence-corrected chi connectivity index (χ1v) is 5.12. The third-order valence-corrected chi connectivity index (χ3v) is 1.73. The van der Waals surface area contributed by atoms with Gasteiger partial charge in [-0.05, 0) is 32.6 Å². The molecule has 0 aromatic heterocycles. The molecule has 93 valence electrons. The first-order chi connectivity index (χ1) is 7.13. The number of Topliss-reactive ketones (excluding diaryl/α,β-unsaturated/α-hetero) is 1.